The predicted octanol–water partition coefficient (Wildman–Crippen LogP) is 4.80. The Labute approximate surface area is 374 Å². The molecule has 1 rings (SSSR count). The van der Waals surface area contributed by atoms with Crippen LogP contribution in [0.25, 0.3) is 0 Å². The van der Waals surface area contributed by atoms with Gasteiger partial charge in [-0.3, -0.25) is 14.2 Å². The van der Waals surface area contributed by atoms with Gasteiger partial charge >= 0.3 is 11.9 Å². The fourth-order valence-corrected chi connectivity index (χ4v) is 9.44. The number of aliphatic hydroxyl groups excluding tert-OH is 3. The molecule has 22 heteroatoms. The van der Waals surface area contributed by atoms with E-state index < -0.39 is 91.3 Å². The molecule has 0 aliphatic heterocycles. The van der Waals surface area contributed by atoms with Crippen LogP contribution in [-0.4, -0.2) is 83.2 Å². The summed E-state index contributed by atoms with van der Waals surface area (Å²) in [5.74, 6) is -1.38. The molecule has 1 fully saturated rings. The average Bonchev–Trinajstić information content (AvgIpc) is 3.20. The van der Waals surface area contributed by atoms with E-state index >= 15 is 0 Å². The second-order valence-electron chi connectivity index (χ2n) is 16.6. The van der Waals surface area contributed by atoms with Crippen molar-refractivity contribution >= 4 is 35.4 Å². The molecule has 0 aromatic carbocycles. The van der Waals surface area contributed by atoms with Gasteiger partial charge in [-0.1, -0.05) is 168 Å². The van der Waals surface area contributed by atoms with E-state index in [2.05, 4.69) is 27.4 Å². The van der Waals surface area contributed by atoms with Gasteiger partial charge in [-0.05, 0) is 12.8 Å². The number of carbonyl (C=O) groups is 2. The average molecular weight is 966 g/mol. The van der Waals surface area contributed by atoms with Crippen LogP contribution in [0.1, 0.15) is 194 Å². The number of aliphatic hydroxyl groups is 3. The van der Waals surface area contributed by atoms with Crippen molar-refractivity contribution in [3.63, 3.8) is 0 Å². The maximum absolute atomic E-state index is 13.0. The first-order chi connectivity index (χ1) is 29.8. The summed E-state index contributed by atoms with van der Waals surface area (Å²) in [5, 5.41) is 31.5. The molecule has 0 aromatic rings. The lowest BCUT2D eigenvalue weighted by atomic mass is 9.85. The summed E-state index contributed by atoms with van der Waals surface area (Å²) in [6.45, 7) is 2.74. The normalized spacial score (nSPS) is 22.1. The van der Waals surface area contributed by atoms with Crippen LogP contribution in [-0.2, 0) is 50.9 Å². The van der Waals surface area contributed by atoms with Crippen LogP contribution in [0.15, 0.2) is 0 Å². The minimum atomic E-state index is -6.09. The Morgan fingerprint density at radius 3 is 1.10 bits per heavy atom. The monoisotopic (exact) mass is 965 g/mol. The molecule has 0 saturated heterocycles. The summed E-state index contributed by atoms with van der Waals surface area (Å²) in [6, 6.07) is 0. The first-order valence-corrected chi connectivity index (χ1v) is 27.6. The number of phosphoric ester groups is 3. The van der Waals surface area contributed by atoms with Crippen LogP contribution in [0.3, 0.4) is 0 Å². The highest BCUT2D eigenvalue weighted by atomic mass is 31.2. The Balaban J connectivity index is 2.76. The quantitative estimate of drug-likeness (QED) is 0.0422. The molecule has 0 amide bonds. The van der Waals surface area contributed by atoms with Gasteiger partial charge in [0.15, 0.2) is 6.10 Å². The maximum atomic E-state index is 13.0. The molecule has 0 spiro atoms. The molecule has 374 valence electrons. The third kappa shape index (κ3) is 30.9. The van der Waals surface area contributed by atoms with Gasteiger partial charge < -0.3 is 76.5 Å². The topological polar surface area (TPSA) is 317 Å². The number of unbranched alkanes of at least 4 members (excludes halogenated alkanes) is 24. The first kappa shape index (κ1) is 60.2. The summed E-state index contributed by atoms with van der Waals surface area (Å²) in [4.78, 5) is 83.5. The zero-order valence-corrected chi connectivity index (χ0v) is 40.2. The number of esters is 2. The Kier molecular flexibility index (Phi) is 32.9. The molecule has 1 aliphatic rings. The van der Waals surface area contributed by atoms with Crippen molar-refractivity contribution in [3.05, 3.63) is 0 Å². The molecule has 0 heterocycles. The molecule has 1 aliphatic carbocycles. The van der Waals surface area contributed by atoms with Crippen molar-refractivity contribution < 1.29 is 90.6 Å². The largest absolute Gasteiger partial charge is 0.790 e. The second-order valence-corrected chi connectivity index (χ2v) is 20.2. The summed E-state index contributed by atoms with van der Waals surface area (Å²) in [5.41, 5.74) is 0. The van der Waals surface area contributed by atoms with Gasteiger partial charge in [0.1, 0.15) is 43.2 Å². The zero-order chi connectivity index (χ0) is 47.2. The summed E-state index contributed by atoms with van der Waals surface area (Å²) >= 11 is 0. The molecule has 3 unspecified atom stereocenters. The highest BCUT2D eigenvalue weighted by Crippen LogP contribution is 2.46. The van der Waals surface area contributed by atoms with Crippen LogP contribution in [0.4, 0.5) is 0 Å². The second kappa shape index (κ2) is 34.4. The predicted molar refractivity (Wildman–Crippen MR) is 223 cm³/mol. The van der Waals surface area contributed by atoms with E-state index in [1.54, 1.807) is 0 Å². The van der Waals surface area contributed by atoms with Crippen LogP contribution < -0.4 is 24.5 Å². The molecule has 0 radical (unpaired) electrons. The Bertz CT molecular complexity index is 1310. The first-order valence-electron chi connectivity index (χ1n) is 23.2. The number of rotatable bonds is 40. The lowest BCUT2D eigenvalue weighted by Gasteiger charge is -2.50. The highest BCUT2D eigenvalue weighted by molar-refractivity contribution is 7.46. The maximum Gasteiger partial charge on any atom is 0.306 e. The third-order valence-electron chi connectivity index (χ3n) is 10.9. The fourth-order valence-electron chi connectivity index (χ4n) is 7.39. The van der Waals surface area contributed by atoms with E-state index in [9.17, 15) is 63.1 Å². The molecule has 1 saturated carbocycles. The van der Waals surface area contributed by atoms with E-state index in [-0.39, 0.29) is 12.8 Å². The summed E-state index contributed by atoms with van der Waals surface area (Å²) in [7, 11) is -18.0. The molecular formula is C41H76O19P3-5. The van der Waals surface area contributed by atoms with Crippen molar-refractivity contribution in [2.24, 2.45) is 0 Å². The number of hydrogen-bond acceptors (Lipinski definition) is 19. The minimum Gasteiger partial charge on any atom is -0.790 e. The van der Waals surface area contributed by atoms with Gasteiger partial charge in [0.2, 0.25) is 0 Å². The van der Waals surface area contributed by atoms with Crippen molar-refractivity contribution in [1.29, 1.82) is 0 Å². The Hall–Kier alpha value is -0.850. The molecule has 0 aromatic heterocycles. The van der Waals surface area contributed by atoms with E-state index in [0.717, 1.165) is 57.8 Å². The third-order valence-corrected chi connectivity index (χ3v) is 12.9. The van der Waals surface area contributed by atoms with Crippen LogP contribution in [0.5, 0.6) is 0 Å². The summed E-state index contributed by atoms with van der Waals surface area (Å²) < 4.78 is 63.7. The fraction of sp³-hybridized carbons (Fsp3) is 0.951. The Morgan fingerprint density at radius 2 is 0.762 bits per heavy atom. The lowest BCUT2D eigenvalue weighted by Crippen LogP contribution is -2.65. The van der Waals surface area contributed by atoms with Crippen molar-refractivity contribution in [2.45, 2.75) is 236 Å². The van der Waals surface area contributed by atoms with Crippen LogP contribution in [0.2, 0.25) is 0 Å². The number of ether oxygens (including phenoxy) is 2. The van der Waals surface area contributed by atoms with Gasteiger partial charge in [-0.15, -0.1) is 0 Å². The van der Waals surface area contributed by atoms with Gasteiger partial charge in [0, 0.05) is 12.8 Å². The molecule has 0 bridgehead atoms. The SMILES string of the molecule is CCCCCCCCCCCCCCCC(=O)OC[C@H](COP(=O)([O-])OC1[C@H](O)[C@H](OP(=O)([O-])[O-])C(O)[C@H](OP(=O)([O-])[O-])[C@H]1O)OC(=O)CCCCCCCCCCCCCCC. The zero-order valence-electron chi connectivity index (χ0n) is 37.5. The number of hydrogen-bond donors (Lipinski definition) is 3. The van der Waals surface area contributed by atoms with Gasteiger partial charge in [-0.25, -0.2) is 0 Å². The van der Waals surface area contributed by atoms with Gasteiger partial charge in [0.25, 0.3) is 7.82 Å². The standard InChI is InChI=1S/C41H81O19P3/c1-3-5-7-9-11-13-15-17-19-21-23-25-27-29-34(42)55-31-33(57-35(43)30-28-26-24-22-20-18-16-14-12-10-8-6-4-2)32-56-63(53,54)60-41-37(45)39(58-61(47,48)49)36(44)40(38(41)46)59-62(50,51)52/h33,36-41,44-46H,3-32H2,1-2H3,(H,53,54)(H2,47,48,49)(H2,50,51,52)/p-5/t33-,36?,37-,38-,39-,40+,41?/m1/s1. The van der Waals surface area contributed by atoms with E-state index in [1.807, 2.05) is 0 Å². The lowest BCUT2D eigenvalue weighted by molar-refractivity contribution is -0.360. The van der Waals surface area contributed by atoms with E-state index in [4.69, 9.17) is 14.0 Å². The molecule has 19 nitrogen and oxygen atoms in total. The van der Waals surface area contributed by atoms with Gasteiger partial charge in [0.05, 0.1) is 22.3 Å². The van der Waals surface area contributed by atoms with Crippen molar-refractivity contribution in [2.75, 3.05) is 13.2 Å². The smallest absolute Gasteiger partial charge is 0.306 e. The number of phosphoric acid groups is 3. The molecule has 3 N–H and O–H groups in total. The molecule has 8 atom stereocenters. The van der Waals surface area contributed by atoms with Crippen LogP contribution in [0, 0.1) is 0 Å². The number of carbonyl (C=O) groups excluding carboxylic acids is 2. The highest BCUT2D eigenvalue weighted by Gasteiger charge is 2.53. The van der Waals surface area contributed by atoms with E-state index in [0.29, 0.717) is 12.8 Å². The van der Waals surface area contributed by atoms with Crippen molar-refractivity contribution in [1.82, 2.24) is 0 Å². The molecular weight excluding hydrogens is 889 g/mol. The molecule has 63 heavy (non-hydrogen) atoms. The minimum absolute atomic E-state index is 0.0369. The summed E-state index contributed by atoms with van der Waals surface area (Å²) in [6.07, 6.45) is 11.0. The van der Waals surface area contributed by atoms with Crippen LogP contribution >= 0.6 is 23.5 Å². The van der Waals surface area contributed by atoms with Crippen molar-refractivity contribution in [3.8, 4) is 0 Å². The van der Waals surface area contributed by atoms with Gasteiger partial charge in [-0.2, -0.15) is 0 Å². The Morgan fingerprint density at radius 1 is 0.460 bits per heavy atom. The van der Waals surface area contributed by atoms with E-state index in [1.165, 1.54) is 96.3 Å².